The molecule has 2 aromatic rings. The minimum absolute atomic E-state index is 0.495. The fourth-order valence-electron chi connectivity index (χ4n) is 2.00. The molecule has 0 unspecified atom stereocenters. The number of hydrogen-bond acceptors (Lipinski definition) is 3. The van der Waals surface area contributed by atoms with E-state index in [4.69, 9.17) is 10.5 Å². The van der Waals surface area contributed by atoms with Crippen LogP contribution in [0.2, 0.25) is 0 Å². The van der Waals surface area contributed by atoms with E-state index in [2.05, 4.69) is 25.0 Å². The Labute approximate surface area is 114 Å². The van der Waals surface area contributed by atoms with E-state index >= 15 is 0 Å². The molecule has 0 aliphatic heterocycles. The van der Waals surface area contributed by atoms with Gasteiger partial charge in [0.1, 0.15) is 12.4 Å². The van der Waals surface area contributed by atoms with Crippen LogP contribution >= 0.6 is 0 Å². The van der Waals surface area contributed by atoms with Gasteiger partial charge >= 0.3 is 0 Å². The molecule has 0 fully saturated rings. The lowest BCUT2D eigenvalue weighted by Gasteiger charge is -2.10. The largest absolute Gasteiger partial charge is 0.485 e. The smallest absolute Gasteiger partial charge is 0.143 e. The van der Waals surface area contributed by atoms with E-state index in [-0.39, 0.29) is 0 Å². The first kappa shape index (κ1) is 13.5. The topological polar surface area (TPSA) is 53.1 Å². The summed E-state index contributed by atoms with van der Waals surface area (Å²) < 4.78 is 7.80. The lowest BCUT2D eigenvalue weighted by atomic mass is 10.2. The van der Waals surface area contributed by atoms with Gasteiger partial charge in [-0.25, -0.2) is 0 Å². The third kappa shape index (κ3) is 3.08. The van der Waals surface area contributed by atoms with Crippen molar-refractivity contribution in [2.75, 3.05) is 5.73 Å². The number of aromatic nitrogens is 2. The average molecular weight is 259 g/mol. The summed E-state index contributed by atoms with van der Waals surface area (Å²) >= 11 is 0. The molecule has 4 heteroatoms. The van der Waals surface area contributed by atoms with Crippen LogP contribution in [0.25, 0.3) is 0 Å². The van der Waals surface area contributed by atoms with Gasteiger partial charge in [0.15, 0.2) is 0 Å². The summed E-state index contributed by atoms with van der Waals surface area (Å²) in [6.07, 6.45) is 0.937. The summed E-state index contributed by atoms with van der Waals surface area (Å²) in [4.78, 5) is 0. The Morgan fingerprint density at radius 3 is 2.74 bits per heavy atom. The summed E-state index contributed by atoms with van der Waals surface area (Å²) in [5.41, 5.74) is 9.90. The number of nitrogens with zero attached hydrogens (tertiary/aromatic N) is 2. The molecule has 1 heterocycles. The van der Waals surface area contributed by atoms with Crippen LogP contribution in [0.3, 0.4) is 0 Å². The summed E-state index contributed by atoms with van der Waals surface area (Å²) in [7, 11) is 0. The molecule has 102 valence electrons. The third-order valence-corrected chi connectivity index (χ3v) is 3.12. The lowest BCUT2D eigenvalue weighted by molar-refractivity contribution is 0.294. The second kappa shape index (κ2) is 5.78. The Bertz CT molecular complexity index is 561. The minimum atomic E-state index is 0.495. The van der Waals surface area contributed by atoms with Gasteiger partial charge in [-0.2, -0.15) is 5.10 Å². The number of hydrogen-bond donors (Lipinski definition) is 1. The Hall–Kier alpha value is -1.97. The standard InChI is InChI=1S/C15H21N3O/c1-4-12-9-13(18(5-2)17-12)10-19-15-8-11(3)6-7-14(15)16/h6-9H,4-5,10,16H2,1-3H3. The van der Waals surface area contributed by atoms with Crippen LogP contribution in [0.1, 0.15) is 30.8 Å². The molecule has 4 nitrogen and oxygen atoms in total. The van der Waals surface area contributed by atoms with Crippen LogP contribution in [0.4, 0.5) is 5.69 Å². The van der Waals surface area contributed by atoms with Crippen LogP contribution in [-0.2, 0) is 19.6 Å². The first-order valence-electron chi connectivity index (χ1n) is 6.68. The summed E-state index contributed by atoms with van der Waals surface area (Å²) in [5, 5.41) is 4.50. The Morgan fingerprint density at radius 2 is 2.05 bits per heavy atom. The molecule has 1 aromatic carbocycles. The highest BCUT2D eigenvalue weighted by Gasteiger charge is 2.07. The van der Waals surface area contributed by atoms with Gasteiger partial charge in [0.2, 0.25) is 0 Å². The Balaban J connectivity index is 2.13. The SMILES string of the molecule is CCc1cc(COc2cc(C)ccc2N)n(CC)n1. The molecule has 0 saturated heterocycles. The number of benzene rings is 1. The highest BCUT2D eigenvalue weighted by molar-refractivity contribution is 5.53. The van der Waals surface area contributed by atoms with E-state index in [1.165, 1.54) is 0 Å². The second-order valence-corrected chi connectivity index (χ2v) is 4.63. The zero-order chi connectivity index (χ0) is 13.8. The number of nitrogen functional groups attached to an aromatic ring is 1. The van der Waals surface area contributed by atoms with E-state index in [0.29, 0.717) is 12.3 Å². The summed E-state index contributed by atoms with van der Waals surface area (Å²) in [6.45, 7) is 7.55. The van der Waals surface area contributed by atoms with E-state index in [1.807, 2.05) is 29.8 Å². The normalized spacial score (nSPS) is 10.7. The van der Waals surface area contributed by atoms with Gasteiger partial charge < -0.3 is 10.5 Å². The maximum absolute atomic E-state index is 5.91. The fraction of sp³-hybridized carbons (Fsp3) is 0.400. The summed E-state index contributed by atoms with van der Waals surface area (Å²) in [6, 6.07) is 7.91. The third-order valence-electron chi connectivity index (χ3n) is 3.12. The van der Waals surface area contributed by atoms with Crippen molar-refractivity contribution in [2.24, 2.45) is 0 Å². The van der Waals surface area contributed by atoms with Gasteiger partial charge in [-0.1, -0.05) is 13.0 Å². The predicted octanol–water partition coefficient (Wildman–Crippen LogP) is 2.94. The molecule has 0 atom stereocenters. The molecule has 0 radical (unpaired) electrons. The molecule has 19 heavy (non-hydrogen) atoms. The van der Waals surface area contributed by atoms with E-state index < -0.39 is 0 Å². The van der Waals surface area contributed by atoms with Crippen molar-refractivity contribution in [1.82, 2.24) is 9.78 Å². The van der Waals surface area contributed by atoms with Gasteiger partial charge in [-0.05, 0) is 44.0 Å². The molecule has 2 N–H and O–H groups in total. The highest BCUT2D eigenvalue weighted by Crippen LogP contribution is 2.23. The van der Waals surface area contributed by atoms with Crippen molar-refractivity contribution >= 4 is 5.69 Å². The quantitative estimate of drug-likeness (QED) is 0.840. The van der Waals surface area contributed by atoms with Crippen molar-refractivity contribution in [3.8, 4) is 5.75 Å². The molecule has 2 rings (SSSR count). The van der Waals surface area contributed by atoms with Gasteiger partial charge in [-0.15, -0.1) is 0 Å². The van der Waals surface area contributed by atoms with Crippen molar-refractivity contribution in [3.63, 3.8) is 0 Å². The van der Waals surface area contributed by atoms with E-state index in [1.54, 1.807) is 0 Å². The van der Waals surface area contributed by atoms with Crippen LogP contribution in [0.5, 0.6) is 5.75 Å². The number of rotatable bonds is 5. The van der Waals surface area contributed by atoms with Gasteiger partial charge in [0, 0.05) is 6.54 Å². The van der Waals surface area contributed by atoms with Gasteiger partial charge in [0.05, 0.1) is 17.1 Å². The van der Waals surface area contributed by atoms with Crippen LogP contribution in [0.15, 0.2) is 24.3 Å². The average Bonchev–Trinajstić information content (AvgIpc) is 2.82. The number of ether oxygens (including phenoxy) is 1. The highest BCUT2D eigenvalue weighted by atomic mass is 16.5. The molecule has 1 aromatic heterocycles. The van der Waals surface area contributed by atoms with Crippen LogP contribution in [-0.4, -0.2) is 9.78 Å². The Kier molecular flexibility index (Phi) is 4.10. The van der Waals surface area contributed by atoms with Crippen molar-refractivity contribution in [2.45, 2.75) is 40.3 Å². The van der Waals surface area contributed by atoms with Crippen molar-refractivity contribution in [3.05, 3.63) is 41.2 Å². The van der Waals surface area contributed by atoms with Crippen molar-refractivity contribution < 1.29 is 4.74 Å². The van der Waals surface area contributed by atoms with E-state index in [0.717, 1.165) is 35.7 Å². The van der Waals surface area contributed by atoms with Crippen LogP contribution in [0, 0.1) is 6.92 Å². The molecule has 0 aliphatic carbocycles. The molecule has 0 saturated carbocycles. The zero-order valence-electron chi connectivity index (χ0n) is 11.8. The molecule has 0 bridgehead atoms. The van der Waals surface area contributed by atoms with Crippen LogP contribution < -0.4 is 10.5 Å². The molecule has 0 spiro atoms. The Morgan fingerprint density at radius 1 is 1.26 bits per heavy atom. The maximum atomic E-state index is 5.91. The van der Waals surface area contributed by atoms with E-state index in [9.17, 15) is 0 Å². The van der Waals surface area contributed by atoms with Gasteiger partial charge in [0.25, 0.3) is 0 Å². The number of nitrogens with two attached hydrogens (primary N) is 1. The monoisotopic (exact) mass is 259 g/mol. The maximum Gasteiger partial charge on any atom is 0.143 e. The van der Waals surface area contributed by atoms with Gasteiger partial charge in [-0.3, -0.25) is 4.68 Å². The zero-order valence-corrected chi connectivity index (χ0v) is 11.8. The minimum Gasteiger partial charge on any atom is -0.485 e. The number of anilines is 1. The first-order valence-corrected chi connectivity index (χ1v) is 6.68. The summed E-state index contributed by atoms with van der Waals surface area (Å²) in [5.74, 6) is 0.738. The first-order chi connectivity index (χ1) is 9.13. The fourth-order valence-corrected chi connectivity index (χ4v) is 2.00. The number of aryl methyl sites for hydroxylation is 3. The van der Waals surface area contributed by atoms with Crippen molar-refractivity contribution in [1.29, 1.82) is 0 Å². The predicted molar refractivity (Wildman–Crippen MR) is 77.2 cm³/mol. The molecular weight excluding hydrogens is 238 g/mol. The lowest BCUT2D eigenvalue weighted by Crippen LogP contribution is -2.07. The second-order valence-electron chi connectivity index (χ2n) is 4.63. The molecule has 0 amide bonds. The molecular formula is C15H21N3O. The molecule has 0 aliphatic rings.